The molecule has 0 amide bonds. The maximum absolute atomic E-state index is 12.8. The maximum atomic E-state index is 12.8. The lowest BCUT2D eigenvalue weighted by molar-refractivity contribution is -0.122. The molecule has 6 nitrogen and oxygen atoms in total. The van der Waals surface area contributed by atoms with Crippen molar-refractivity contribution in [3.05, 3.63) is 67.9 Å². The number of carboxylic acids is 1. The highest BCUT2D eigenvalue weighted by Gasteiger charge is 2.35. The zero-order valence-corrected chi connectivity index (χ0v) is 28.5. The molecule has 0 bridgehead atoms. The quantitative estimate of drug-likeness (QED) is 0.323. The Hall–Kier alpha value is -3.15. The summed E-state index contributed by atoms with van der Waals surface area (Å²) >= 11 is 0. The van der Waals surface area contributed by atoms with Crippen LogP contribution in [0.3, 0.4) is 0 Å². The van der Waals surface area contributed by atoms with Crippen molar-refractivity contribution in [1.82, 2.24) is 9.47 Å². The van der Waals surface area contributed by atoms with Gasteiger partial charge in [0.2, 0.25) is 0 Å². The molecule has 1 N–H and O–H groups in total. The molecule has 43 heavy (non-hydrogen) atoms. The van der Waals surface area contributed by atoms with Crippen molar-refractivity contribution in [3.8, 4) is 0 Å². The summed E-state index contributed by atoms with van der Waals surface area (Å²) in [6, 6.07) is 8.03. The third kappa shape index (κ3) is 8.93. The number of unbranched alkanes of at least 4 members (excludes halogenated alkanes) is 2. The van der Waals surface area contributed by atoms with E-state index in [9.17, 15) is 19.5 Å². The zero-order valence-electron chi connectivity index (χ0n) is 28.5. The second-order valence-corrected chi connectivity index (χ2v) is 13.2. The molecule has 238 valence electrons. The number of Topliss-reactive ketones (excluding diaryl/α,β-unsaturated/α-hetero) is 1. The van der Waals surface area contributed by atoms with Gasteiger partial charge in [0.15, 0.2) is 5.43 Å². The summed E-state index contributed by atoms with van der Waals surface area (Å²) in [5.74, 6) is -0.461. The molecule has 0 radical (unpaired) electrons. The maximum Gasteiger partial charge on any atom is 0.341 e. The van der Waals surface area contributed by atoms with Gasteiger partial charge < -0.3 is 14.6 Å². The highest BCUT2D eigenvalue weighted by molar-refractivity contribution is 5.87. The number of hydrogen-bond acceptors (Lipinski definition) is 4. The lowest BCUT2D eigenvalue weighted by atomic mass is 9.84. The Morgan fingerprint density at radius 2 is 1.72 bits per heavy atom. The van der Waals surface area contributed by atoms with Gasteiger partial charge in [0.1, 0.15) is 11.3 Å². The lowest BCUT2D eigenvalue weighted by Gasteiger charge is -2.43. The number of likely N-dealkylation sites (N-methyl/N-ethyl adjacent to an activating group) is 1. The van der Waals surface area contributed by atoms with E-state index < -0.39 is 11.4 Å². The topological polar surface area (TPSA) is 79.6 Å². The van der Waals surface area contributed by atoms with Gasteiger partial charge in [-0.3, -0.25) is 9.59 Å². The summed E-state index contributed by atoms with van der Waals surface area (Å²) in [5.41, 5.74) is 3.70. The van der Waals surface area contributed by atoms with Crippen molar-refractivity contribution >= 4 is 23.0 Å². The molecule has 2 aromatic rings. The normalized spacial score (nSPS) is 17.4. The van der Waals surface area contributed by atoms with Gasteiger partial charge in [-0.1, -0.05) is 92.0 Å². The SMILES string of the molecule is CCCCC(=O)C(C)CC.CCCCc1ccc/c(=C2\c3cc(=O)c(C(=O)O)cn3C(C(C)(C)C)CN2C)c1=C(C)CC. The van der Waals surface area contributed by atoms with Gasteiger partial charge in [-0.05, 0) is 55.2 Å². The third-order valence-electron chi connectivity index (χ3n) is 8.82. The fourth-order valence-electron chi connectivity index (χ4n) is 5.71. The van der Waals surface area contributed by atoms with Crippen LogP contribution in [-0.2, 0) is 11.2 Å². The van der Waals surface area contributed by atoms with Gasteiger partial charge in [0, 0.05) is 43.4 Å². The number of nitrogens with zero attached hydrogens (tertiary/aromatic N) is 2. The first-order chi connectivity index (χ1) is 20.2. The number of fused-ring (bicyclic) bond motifs is 1. The molecule has 0 saturated heterocycles. The van der Waals surface area contributed by atoms with Crippen LogP contribution in [-0.4, -0.2) is 39.9 Å². The van der Waals surface area contributed by atoms with Crippen molar-refractivity contribution in [2.24, 2.45) is 11.3 Å². The molecular weight excluding hydrogens is 536 g/mol. The number of aryl methyl sites for hydroxylation is 1. The van der Waals surface area contributed by atoms with E-state index in [0.29, 0.717) is 5.78 Å². The summed E-state index contributed by atoms with van der Waals surface area (Å²) in [4.78, 5) is 38.0. The molecule has 1 aliphatic rings. The summed E-state index contributed by atoms with van der Waals surface area (Å²) < 4.78 is 2.03. The number of aromatic nitrogens is 1. The summed E-state index contributed by atoms with van der Waals surface area (Å²) in [6.45, 7) is 20.0. The Bertz CT molecular complexity index is 1440. The minimum atomic E-state index is -1.18. The Morgan fingerprint density at radius 3 is 2.26 bits per heavy atom. The number of carbonyl (C=O) groups excluding carboxylic acids is 1. The average Bonchev–Trinajstić information content (AvgIpc) is 2.96. The van der Waals surface area contributed by atoms with Crippen LogP contribution < -0.4 is 15.9 Å². The molecule has 2 unspecified atom stereocenters. The van der Waals surface area contributed by atoms with Gasteiger partial charge in [0.25, 0.3) is 0 Å². The lowest BCUT2D eigenvalue weighted by Crippen LogP contribution is -2.46. The highest BCUT2D eigenvalue weighted by atomic mass is 16.4. The zero-order chi connectivity index (χ0) is 32.5. The van der Waals surface area contributed by atoms with Crippen molar-refractivity contribution in [3.63, 3.8) is 0 Å². The second kappa shape index (κ2) is 16.1. The fraction of sp³-hybridized carbons (Fsp3) is 0.595. The molecule has 0 aliphatic carbocycles. The first kappa shape index (κ1) is 36.0. The number of hydrogen-bond donors (Lipinski definition) is 1. The van der Waals surface area contributed by atoms with Crippen LogP contribution in [0.5, 0.6) is 0 Å². The summed E-state index contributed by atoms with van der Waals surface area (Å²) in [5, 5.41) is 12.0. The number of rotatable bonds is 10. The van der Waals surface area contributed by atoms with Crippen LogP contribution >= 0.6 is 0 Å². The van der Waals surface area contributed by atoms with E-state index in [1.165, 1.54) is 22.4 Å². The standard InChI is InChI=1S/C28H38N2O3.C9H18O/c1-8-10-12-19-13-11-14-20(25(19)18(3)9-2)26-22-15-23(31)21(27(32)33)16-30(22)24(17-29(26)7)28(4,5)6;1-4-6-7-9(10)8(3)5-2/h11,13-16,24H,8-10,12,17H2,1-7H3,(H,32,33);8H,4-7H2,1-3H3/b25-18?,26-20-;. The van der Waals surface area contributed by atoms with E-state index in [4.69, 9.17) is 0 Å². The number of carbonyl (C=O) groups is 2. The average molecular weight is 593 g/mol. The Kier molecular flexibility index (Phi) is 13.5. The van der Waals surface area contributed by atoms with Gasteiger partial charge in [-0.2, -0.15) is 0 Å². The molecule has 0 saturated carbocycles. The first-order valence-electron chi connectivity index (χ1n) is 16.3. The van der Waals surface area contributed by atoms with Crippen molar-refractivity contribution in [2.75, 3.05) is 13.6 Å². The fourth-order valence-corrected chi connectivity index (χ4v) is 5.71. The summed E-state index contributed by atoms with van der Waals surface area (Å²) in [6.07, 6.45) is 9.74. The van der Waals surface area contributed by atoms with Crippen LogP contribution in [0.15, 0.2) is 35.3 Å². The number of benzene rings is 1. The number of carboxylic acid groups (broad SMARTS) is 1. The van der Waals surface area contributed by atoms with E-state index in [0.717, 1.165) is 74.5 Å². The molecule has 2 heterocycles. The van der Waals surface area contributed by atoms with Crippen LogP contribution in [0.25, 0.3) is 11.3 Å². The number of pyridine rings is 1. The highest BCUT2D eigenvalue weighted by Crippen LogP contribution is 2.37. The first-order valence-corrected chi connectivity index (χ1v) is 16.3. The predicted molar refractivity (Wildman–Crippen MR) is 179 cm³/mol. The Labute approximate surface area is 259 Å². The third-order valence-corrected chi connectivity index (χ3v) is 8.82. The molecule has 1 aliphatic heterocycles. The molecule has 1 aromatic heterocycles. The van der Waals surface area contributed by atoms with Crippen LogP contribution in [0.1, 0.15) is 135 Å². The Morgan fingerprint density at radius 1 is 1.07 bits per heavy atom. The molecule has 1 aromatic carbocycles. The number of ketones is 1. The van der Waals surface area contributed by atoms with Gasteiger partial charge in [-0.25, -0.2) is 4.79 Å². The molecule has 0 spiro atoms. The van der Waals surface area contributed by atoms with E-state index in [1.54, 1.807) is 6.20 Å². The van der Waals surface area contributed by atoms with E-state index in [-0.39, 0.29) is 22.9 Å². The molecular formula is C37H56N2O4. The minimum Gasteiger partial charge on any atom is -0.477 e. The monoisotopic (exact) mass is 592 g/mol. The molecule has 6 heteroatoms. The van der Waals surface area contributed by atoms with Crippen LogP contribution in [0.4, 0.5) is 0 Å². The van der Waals surface area contributed by atoms with Crippen LogP contribution in [0.2, 0.25) is 0 Å². The van der Waals surface area contributed by atoms with Gasteiger partial charge >= 0.3 is 5.97 Å². The smallest absolute Gasteiger partial charge is 0.341 e. The molecule has 0 fully saturated rings. The summed E-state index contributed by atoms with van der Waals surface area (Å²) in [7, 11) is 2.08. The Balaban J connectivity index is 0.000000553. The van der Waals surface area contributed by atoms with Crippen molar-refractivity contribution in [2.45, 2.75) is 120 Å². The van der Waals surface area contributed by atoms with Gasteiger partial charge in [-0.15, -0.1) is 0 Å². The van der Waals surface area contributed by atoms with Crippen molar-refractivity contribution < 1.29 is 14.7 Å². The largest absolute Gasteiger partial charge is 0.477 e. The molecule has 2 atom stereocenters. The predicted octanol–water partition coefficient (Wildman–Crippen LogP) is 6.95. The van der Waals surface area contributed by atoms with Gasteiger partial charge in [0.05, 0.1) is 17.4 Å². The van der Waals surface area contributed by atoms with Crippen molar-refractivity contribution in [1.29, 1.82) is 0 Å². The van der Waals surface area contributed by atoms with E-state index >= 15 is 0 Å². The molecule has 3 rings (SSSR count). The van der Waals surface area contributed by atoms with E-state index in [2.05, 4.69) is 85.5 Å². The van der Waals surface area contributed by atoms with Crippen LogP contribution in [0, 0.1) is 11.3 Å². The minimum absolute atomic E-state index is 0.0305. The second-order valence-electron chi connectivity index (χ2n) is 13.2. The number of aromatic carboxylic acids is 1. The van der Waals surface area contributed by atoms with E-state index in [1.807, 2.05) is 11.5 Å².